The molecule has 0 aromatic carbocycles. The van der Waals surface area contributed by atoms with Crippen LogP contribution in [0.3, 0.4) is 0 Å². The molecule has 0 aromatic heterocycles. The van der Waals surface area contributed by atoms with Crippen LogP contribution in [-0.2, 0) is 0 Å². The molecule has 0 bridgehead atoms. The SMILES string of the molecule is CNCCC(C)N(C)C1CCCN(C)C1. The van der Waals surface area contributed by atoms with Crippen molar-refractivity contribution >= 4 is 0 Å². The first-order valence-corrected chi connectivity index (χ1v) is 6.20. The van der Waals surface area contributed by atoms with Crippen LogP contribution >= 0.6 is 0 Å². The summed E-state index contributed by atoms with van der Waals surface area (Å²) in [6.45, 7) is 5.97. The Kier molecular flexibility index (Phi) is 5.58. The van der Waals surface area contributed by atoms with Gasteiger partial charge in [-0.15, -0.1) is 0 Å². The molecule has 0 amide bonds. The molecule has 1 saturated heterocycles. The third kappa shape index (κ3) is 4.09. The van der Waals surface area contributed by atoms with E-state index < -0.39 is 0 Å². The molecule has 1 heterocycles. The second-order valence-electron chi connectivity index (χ2n) is 4.97. The van der Waals surface area contributed by atoms with Crippen molar-refractivity contribution in [1.82, 2.24) is 15.1 Å². The summed E-state index contributed by atoms with van der Waals surface area (Å²) in [5.74, 6) is 0. The monoisotopic (exact) mass is 213 g/mol. The van der Waals surface area contributed by atoms with E-state index in [1.54, 1.807) is 0 Å². The molecule has 0 aliphatic carbocycles. The Bertz CT molecular complexity index is 172. The highest BCUT2D eigenvalue weighted by Crippen LogP contribution is 2.16. The van der Waals surface area contributed by atoms with Crippen molar-refractivity contribution in [3.05, 3.63) is 0 Å². The van der Waals surface area contributed by atoms with Crippen LogP contribution < -0.4 is 5.32 Å². The predicted molar refractivity (Wildman–Crippen MR) is 66.3 cm³/mol. The molecular formula is C12H27N3. The van der Waals surface area contributed by atoms with Gasteiger partial charge < -0.3 is 10.2 Å². The number of hydrogen-bond acceptors (Lipinski definition) is 3. The van der Waals surface area contributed by atoms with E-state index in [1.807, 2.05) is 7.05 Å². The van der Waals surface area contributed by atoms with Crippen LogP contribution in [0.25, 0.3) is 0 Å². The lowest BCUT2D eigenvalue weighted by Crippen LogP contribution is -2.48. The summed E-state index contributed by atoms with van der Waals surface area (Å²) in [5, 5.41) is 3.23. The molecule has 15 heavy (non-hydrogen) atoms. The second kappa shape index (κ2) is 6.46. The van der Waals surface area contributed by atoms with Gasteiger partial charge in [0, 0.05) is 18.6 Å². The van der Waals surface area contributed by atoms with Gasteiger partial charge in [0.25, 0.3) is 0 Å². The van der Waals surface area contributed by atoms with Gasteiger partial charge in [-0.1, -0.05) is 0 Å². The van der Waals surface area contributed by atoms with Crippen molar-refractivity contribution in [2.45, 2.75) is 38.3 Å². The fourth-order valence-electron chi connectivity index (χ4n) is 2.39. The van der Waals surface area contributed by atoms with Crippen LogP contribution in [-0.4, -0.2) is 62.7 Å². The average Bonchev–Trinajstić information content (AvgIpc) is 2.24. The number of piperidine rings is 1. The van der Waals surface area contributed by atoms with Gasteiger partial charge in [0.1, 0.15) is 0 Å². The summed E-state index contributed by atoms with van der Waals surface area (Å²) >= 11 is 0. The molecule has 1 rings (SSSR count). The van der Waals surface area contributed by atoms with Gasteiger partial charge in [-0.05, 0) is 60.4 Å². The Morgan fingerprint density at radius 1 is 1.53 bits per heavy atom. The third-order valence-electron chi connectivity index (χ3n) is 3.68. The third-order valence-corrected chi connectivity index (χ3v) is 3.68. The number of likely N-dealkylation sites (tertiary alicyclic amines) is 1. The summed E-state index contributed by atoms with van der Waals surface area (Å²) in [5.41, 5.74) is 0. The lowest BCUT2D eigenvalue weighted by molar-refractivity contribution is 0.102. The van der Waals surface area contributed by atoms with E-state index in [1.165, 1.54) is 32.4 Å². The predicted octanol–water partition coefficient (Wildman–Crippen LogP) is 1.01. The molecule has 3 nitrogen and oxygen atoms in total. The summed E-state index contributed by atoms with van der Waals surface area (Å²) < 4.78 is 0. The van der Waals surface area contributed by atoms with Crippen LogP contribution in [0.2, 0.25) is 0 Å². The second-order valence-corrected chi connectivity index (χ2v) is 4.97. The molecule has 1 aliphatic heterocycles. The Balaban J connectivity index is 2.33. The molecule has 90 valence electrons. The van der Waals surface area contributed by atoms with Gasteiger partial charge in [0.15, 0.2) is 0 Å². The van der Waals surface area contributed by atoms with Gasteiger partial charge in [-0.25, -0.2) is 0 Å². The zero-order valence-corrected chi connectivity index (χ0v) is 10.8. The van der Waals surface area contributed by atoms with E-state index in [4.69, 9.17) is 0 Å². The molecular weight excluding hydrogens is 186 g/mol. The fraction of sp³-hybridized carbons (Fsp3) is 1.00. The summed E-state index contributed by atoms with van der Waals surface area (Å²) in [6, 6.07) is 1.45. The first-order valence-electron chi connectivity index (χ1n) is 6.20. The van der Waals surface area contributed by atoms with Gasteiger partial charge in [0.2, 0.25) is 0 Å². The van der Waals surface area contributed by atoms with Crippen LogP contribution in [0.15, 0.2) is 0 Å². The smallest absolute Gasteiger partial charge is 0.0223 e. The Labute approximate surface area is 94.8 Å². The van der Waals surface area contributed by atoms with Crippen LogP contribution in [0, 0.1) is 0 Å². The first kappa shape index (κ1) is 12.9. The molecule has 3 heteroatoms. The zero-order valence-electron chi connectivity index (χ0n) is 10.8. The summed E-state index contributed by atoms with van der Waals surface area (Å²) in [7, 11) is 6.55. The number of rotatable bonds is 5. The maximum Gasteiger partial charge on any atom is 0.0223 e. The van der Waals surface area contributed by atoms with Crippen LogP contribution in [0.1, 0.15) is 26.2 Å². The highest BCUT2D eigenvalue weighted by molar-refractivity contribution is 4.80. The van der Waals surface area contributed by atoms with Crippen molar-refractivity contribution in [2.75, 3.05) is 40.8 Å². The van der Waals surface area contributed by atoms with Crippen molar-refractivity contribution in [3.63, 3.8) is 0 Å². The molecule has 0 saturated carbocycles. The minimum atomic E-state index is 0.689. The summed E-state index contributed by atoms with van der Waals surface area (Å²) in [4.78, 5) is 5.02. The van der Waals surface area contributed by atoms with Gasteiger partial charge in [-0.3, -0.25) is 4.90 Å². The zero-order chi connectivity index (χ0) is 11.3. The highest BCUT2D eigenvalue weighted by atomic mass is 15.2. The van der Waals surface area contributed by atoms with Crippen molar-refractivity contribution in [2.24, 2.45) is 0 Å². The Hall–Kier alpha value is -0.120. The van der Waals surface area contributed by atoms with Crippen molar-refractivity contribution in [1.29, 1.82) is 0 Å². The van der Waals surface area contributed by atoms with Gasteiger partial charge in [-0.2, -0.15) is 0 Å². The normalized spacial score (nSPS) is 25.8. The molecule has 0 spiro atoms. The Morgan fingerprint density at radius 2 is 2.27 bits per heavy atom. The highest BCUT2D eigenvalue weighted by Gasteiger charge is 2.23. The van der Waals surface area contributed by atoms with E-state index >= 15 is 0 Å². The molecule has 2 atom stereocenters. The molecule has 2 unspecified atom stereocenters. The topological polar surface area (TPSA) is 18.5 Å². The fourth-order valence-corrected chi connectivity index (χ4v) is 2.39. The minimum absolute atomic E-state index is 0.689. The molecule has 1 N–H and O–H groups in total. The van der Waals surface area contributed by atoms with E-state index in [0.29, 0.717) is 6.04 Å². The van der Waals surface area contributed by atoms with Crippen molar-refractivity contribution in [3.8, 4) is 0 Å². The number of hydrogen-bond donors (Lipinski definition) is 1. The van der Waals surface area contributed by atoms with Crippen molar-refractivity contribution < 1.29 is 0 Å². The molecule has 0 aromatic rings. The van der Waals surface area contributed by atoms with Gasteiger partial charge >= 0.3 is 0 Å². The van der Waals surface area contributed by atoms with E-state index in [2.05, 4.69) is 36.1 Å². The summed E-state index contributed by atoms with van der Waals surface area (Å²) in [6.07, 6.45) is 3.96. The van der Waals surface area contributed by atoms with E-state index in [-0.39, 0.29) is 0 Å². The quantitative estimate of drug-likeness (QED) is 0.735. The number of likely N-dealkylation sites (N-methyl/N-ethyl adjacent to an activating group) is 2. The van der Waals surface area contributed by atoms with Gasteiger partial charge in [0.05, 0.1) is 0 Å². The minimum Gasteiger partial charge on any atom is -0.320 e. The van der Waals surface area contributed by atoms with Crippen LogP contribution in [0.5, 0.6) is 0 Å². The van der Waals surface area contributed by atoms with Crippen LogP contribution in [0.4, 0.5) is 0 Å². The largest absolute Gasteiger partial charge is 0.320 e. The van der Waals surface area contributed by atoms with E-state index in [0.717, 1.165) is 12.6 Å². The maximum absolute atomic E-state index is 3.23. The number of nitrogens with one attached hydrogen (secondary N) is 1. The van der Waals surface area contributed by atoms with E-state index in [9.17, 15) is 0 Å². The average molecular weight is 213 g/mol. The first-order chi connectivity index (χ1) is 7.15. The molecule has 1 fully saturated rings. The molecule has 1 aliphatic rings. The lowest BCUT2D eigenvalue weighted by Gasteiger charge is -2.39. The lowest BCUT2D eigenvalue weighted by atomic mass is 10.0. The number of nitrogens with zero attached hydrogens (tertiary/aromatic N) is 2. The molecule has 0 radical (unpaired) electrons. The maximum atomic E-state index is 3.23. The Morgan fingerprint density at radius 3 is 2.87 bits per heavy atom. The standard InChI is InChI=1S/C12H27N3/c1-11(7-8-13-2)15(4)12-6-5-9-14(3)10-12/h11-13H,5-10H2,1-4H3.